The molecule has 3 heteroatoms. The fraction of sp³-hybridized carbons (Fsp3) is 1.00. The summed E-state index contributed by atoms with van der Waals surface area (Å²) >= 11 is 9.13. The molecule has 0 aliphatic carbocycles. The molecule has 0 aliphatic rings. The summed E-state index contributed by atoms with van der Waals surface area (Å²) in [7, 11) is 0. The molecule has 0 saturated heterocycles. The highest BCUT2D eigenvalue weighted by molar-refractivity contribution is 7.82. The van der Waals surface area contributed by atoms with E-state index in [2.05, 4.69) is 12.6 Å². The maximum absolute atomic E-state index is 8.73. The summed E-state index contributed by atoms with van der Waals surface area (Å²) in [5.41, 5.74) is 0. The van der Waals surface area contributed by atoms with Gasteiger partial charge in [-0.3, -0.25) is 0 Å². The van der Waals surface area contributed by atoms with E-state index in [9.17, 15) is 0 Å². The Morgan fingerprint density at radius 3 is 2.29 bits per heavy atom. The fourth-order valence-corrected chi connectivity index (χ4v) is 0.583. The first kappa shape index (κ1) is 7.60. The van der Waals surface area contributed by atoms with Gasteiger partial charge in [0.25, 0.3) is 0 Å². The molecule has 1 nitrogen and oxygen atoms in total. The van der Waals surface area contributed by atoms with Gasteiger partial charge in [-0.05, 0) is 6.42 Å². The molecule has 2 atom stereocenters. The summed E-state index contributed by atoms with van der Waals surface area (Å²) in [4.78, 5) is 0. The van der Waals surface area contributed by atoms with Gasteiger partial charge in [0.15, 0.2) is 0 Å². The van der Waals surface area contributed by atoms with Gasteiger partial charge < -0.3 is 5.11 Å². The average Bonchev–Trinajstić information content (AvgIpc) is 1.65. The summed E-state index contributed by atoms with van der Waals surface area (Å²) in [5, 5.41) is 8.73. The normalized spacial score (nSPS) is 18.9. The summed E-state index contributed by atoms with van der Waals surface area (Å²) in [6.07, 6.45) is 0.197. The second-order valence-corrected chi connectivity index (χ2v) is 2.68. The van der Waals surface area contributed by atoms with E-state index in [4.69, 9.17) is 16.7 Å². The van der Waals surface area contributed by atoms with Crippen LogP contribution in [0.15, 0.2) is 0 Å². The van der Waals surface area contributed by atoms with Crippen LogP contribution in [0.2, 0.25) is 0 Å². The van der Waals surface area contributed by atoms with Crippen LogP contribution >= 0.6 is 24.2 Å². The van der Waals surface area contributed by atoms with Crippen LogP contribution < -0.4 is 0 Å². The topological polar surface area (TPSA) is 20.2 Å². The van der Waals surface area contributed by atoms with Crippen molar-refractivity contribution in [2.24, 2.45) is 0 Å². The molecule has 0 aromatic rings. The van der Waals surface area contributed by atoms with Crippen LogP contribution in [0.25, 0.3) is 0 Å². The third-order valence-electron chi connectivity index (χ3n) is 0.736. The Morgan fingerprint density at radius 2 is 2.29 bits per heavy atom. The van der Waals surface area contributed by atoms with Crippen molar-refractivity contribution in [1.82, 2.24) is 0 Å². The third-order valence-corrected chi connectivity index (χ3v) is 1.37. The van der Waals surface area contributed by atoms with Gasteiger partial charge in [-0.1, -0.05) is 6.92 Å². The molecule has 0 bridgehead atoms. The number of aliphatic hydroxyl groups excluding tert-OH is 1. The van der Waals surface area contributed by atoms with Crippen LogP contribution in [0.3, 0.4) is 0 Å². The Balaban J connectivity index is 3.14. The van der Waals surface area contributed by atoms with Gasteiger partial charge in [-0.15, -0.1) is 11.6 Å². The highest BCUT2D eigenvalue weighted by Crippen LogP contribution is 2.08. The third kappa shape index (κ3) is 3.21. The lowest BCUT2D eigenvalue weighted by Crippen LogP contribution is -2.12. The molecule has 0 aromatic heterocycles. The molecule has 0 saturated carbocycles. The zero-order valence-electron chi connectivity index (χ0n) is 4.13. The second-order valence-electron chi connectivity index (χ2n) is 1.35. The summed E-state index contributed by atoms with van der Waals surface area (Å²) in [5.74, 6) is 0. The van der Waals surface area contributed by atoms with Crippen molar-refractivity contribution in [3.8, 4) is 0 Å². The maximum Gasteiger partial charge on any atom is 0.102 e. The Labute approximate surface area is 54.1 Å². The molecule has 0 spiro atoms. The molecule has 0 fully saturated rings. The van der Waals surface area contributed by atoms with Gasteiger partial charge >= 0.3 is 0 Å². The highest BCUT2D eigenvalue weighted by Gasteiger charge is 2.06. The van der Waals surface area contributed by atoms with Crippen LogP contribution in [0.5, 0.6) is 0 Å². The standard InChI is InChI=1S/C4H9ClOS/c1-2-3(6)4(5)7/h3-4,6-7H,2H2,1H3. The Hall–Kier alpha value is 0.600. The average molecular weight is 141 g/mol. The number of rotatable bonds is 2. The van der Waals surface area contributed by atoms with E-state index in [0.29, 0.717) is 6.42 Å². The predicted octanol–water partition coefficient (Wildman–Crippen LogP) is 1.25. The van der Waals surface area contributed by atoms with E-state index in [1.54, 1.807) is 0 Å². The fourth-order valence-electron chi connectivity index (χ4n) is 0.194. The van der Waals surface area contributed by atoms with Gasteiger partial charge in [0.05, 0.1) is 6.10 Å². The number of hydrogen-bond donors (Lipinski definition) is 2. The lowest BCUT2D eigenvalue weighted by molar-refractivity contribution is 0.186. The number of aliphatic hydroxyl groups is 1. The highest BCUT2D eigenvalue weighted by atomic mass is 35.5. The van der Waals surface area contributed by atoms with Crippen molar-refractivity contribution in [3.05, 3.63) is 0 Å². The zero-order chi connectivity index (χ0) is 5.86. The molecule has 0 aliphatic heterocycles. The largest absolute Gasteiger partial charge is 0.391 e. The molecular formula is C4H9ClOS. The van der Waals surface area contributed by atoms with Gasteiger partial charge in [0, 0.05) is 0 Å². The minimum Gasteiger partial charge on any atom is -0.391 e. The van der Waals surface area contributed by atoms with Gasteiger partial charge in [0.2, 0.25) is 0 Å². The molecule has 0 heterocycles. The smallest absolute Gasteiger partial charge is 0.102 e. The van der Waals surface area contributed by atoms with E-state index < -0.39 is 10.8 Å². The summed E-state index contributed by atoms with van der Waals surface area (Å²) in [6, 6.07) is 0. The summed E-state index contributed by atoms with van der Waals surface area (Å²) < 4.78 is -0.412. The van der Waals surface area contributed by atoms with E-state index in [0.717, 1.165) is 0 Å². The van der Waals surface area contributed by atoms with E-state index in [-0.39, 0.29) is 0 Å². The molecule has 7 heavy (non-hydrogen) atoms. The van der Waals surface area contributed by atoms with Crippen molar-refractivity contribution in [2.45, 2.75) is 24.2 Å². The van der Waals surface area contributed by atoms with Crippen molar-refractivity contribution in [2.75, 3.05) is 0 Å². The van der Waals surface area contributed by atoms with Crippen LogP contribution in [0.4, 0.5) is 0 Å². The SMILES string of the molecule is CCC(O)C(S)Cl. The van der Waals surface area contributed by atoms with E-state index in [1.165, 1.54) is 0 Å². The van der Waals surface area contributed by atoms with E-state index in [1.807, 2.05) is 6.92 Å². The monoisotopic (exact) mass is 140 g/mol. The van der Waals surface area contributed by atoms with Crippen molar-refractivity contribution in [1.29, 1.82) is 0 Å². The molecule has 0 amide bonds. The van der Waals surface area contributed by atoms with E-state index >= 15 is 0 Å². The van der Waals surface area contributed by atoms with Gasteiger partial charge in [0.1, 0.15) is 4.71 Å². The first-order chi connectivity index (χ1) is 3.18. The predicted molar refractivity (Wildman–Crippen MR) is 34.9 cm³/mol. The van der Waals surface area contributed by atoms with Crippen LogP contribution in [-0.4, -0.2) is 15.9 Å². The maximum atomic E-state index is 8.73. The molecule has 0 aromatic carbocycles. The molecular weight excluding hydrogens is 132 g/mol. The molecule has 0 radical (unpaired) electrons. The Kier molecular flexibility index (Phi) is 3.89. The van der Waals surface area contributed by atoms with Crippen LogP contribution in [-0.2, 0) is 0 Å². The number of alkyl halides is 1. The summed E-state index contributed by atoms with van der Waals surface area (Å²) in [6.45, 7) is 1.86. The second kappa shape index (κ2) is 3.58. The van der Waals surface area contributed by atoms with Crippen molar-refractivity contribution < 1.29 is 5.11 Å². The lowest BCUT2D eigenvalue weighted by Gasteiger charge is -2.06. The minimum atomic E-state index is -0.468. The molecule has 1 N–H and O–H groups in total. The van der Waals surface area contributed by atoms with Gasteiger partial charge in [-0.2, -0.15) is 12.6 Å². The van der Waals surface area contributed by atoms with Gasteiger partial charge in [-0.25, -0.2) is 0 Å². The minimum absolute atomic E-state index is 0.412. The zero-order valence-corrected chi connectivity index (χ0v) is 5.78. The molecule has 0 rings (SSSR count). The Morgan fingerprint density at radius 1 is 1.86 bits per heavy atom. The number of hydrogen-bond acceptors (Lipinski definition) is 2. The van der Waals surface area contributed by atoms with Crippen LogP contribution in [0, 0.1) is 0 Å². The quantitative estimate of drug-likeness (QED) is 0.437. The lowest BCUT2D eigenvalue weighted by atomic mass is 10.3. The first-order valence-electron chi connectivity index (χ1n) is 2.18. The van der Waals surface area contributed by atoms with Crippen molar-refractivity contribution >= 4 is 24.2 Å². The first-order valence-corrected chi connectivity index (χ1v) is 3.14. The van der Waals surface area contributed by atoms with Crippen molar-refractivity contribution in [3.63, 3.8) is 0 Å². The Bertz CT molecular complexity index is 49.0. The molecule has 2 unspecified atom stereocenters. The number of thiol groups is 1. The number of halogens is 1. The van der Waals surface area contributed by atoms with Crippen LogP contribution in [0.1, 0.15) is 13.3 Å². The molecule has 44 valence electrons.